The summed E-state index contributed by atoms with van der Waals surface area (Å²) >= 11 is 0. The monoisotopic (exact) mass is 332 g/mol. The van der Waals surface area contributed by atoms with Crippen LogP contribution in [0.15, 0.2) is 72.9 Å². The van der Waals surface area contributed by atoms with E-state index in [1.807, 2.05) is 42.5 Å². The number of benzene rings is 2. The maximum absolute atomic E-state index is 11.3. The second kappa shape index (κ2) is 7.49. The van der Waals surface area contributed by atoms with Crippen LogP contribution >= 0.6 is 0 Å². The van der Waals surface area contributed by atoms with E-state index >= 15 is 0 Å². The molecular formula is C20H16N2O3. The molecule has 0 fully saturated rings. The minimum Gasteiger partial charge on any atom is -0.303 e. The van der Waals surface area contributed by atoms with Crippen LogP contribution in [-0.4, -0.2) is 16.2 Å². The van der Waals surface area contributed by atoms with Gasteiger partial charge in [0, 0.05) is 36.2 Å². The molecule has 0 amide bonds. The lowest BCUT2D eigenvalue weighted by Gasteiger charge is -2.19. The van der Waals surface area contributed by atoms with Gasteiger partial charge < -0.3 is 4.79 Å². The van der Waals surface area contributed by atoms with Crippen molar-refractivity contribution in [2.45, 2.75) is 12.3 Å². The topological polar surface area (TPSA) is 73.1 Å². The average molecular weight is 332 g/mol. The third kappa shape index (κ3) is 3.61. The van der Waals surface area contributed by atoms with Crippen LogP contribution in [0.25, 0.3) is 11.3 Å². The van der Waals surface area contributed by atoms with Gasteiger partial charge in [-0.15, -0.1) is 0 Å². The van der Waals surface area contributed by atoms with Crippen LogP contribution < -0.4 is 0 Å². The molecule has 3 rings (SSSR count). The predicted molar refractivity (Wildman–Crippen MR) is 95.3 cm³/mol. The van der Waals surface area contributed by atoms with Gasteiger partial charge >= 0.3 is 0 Å². The number of carbonyl (C=O) groups excluding carboxylic acids is 1. The lowest BCUT2D eigenvalue weighted by Crippen LogP contribution is -2.05. The van der Waals surface area contributed by atoms with Crippen molar-refractivity contribution in [1.29, 1.82) is 0 Å². The first kappa shape index (κ1) is 16.5. The molecule has 1 heterocycles. The fourth-order valence-electron chi connectivity index (χ4n) is 2.92. The van der Waals surface area contributed by atoms with Crippen molar-refractivity contribution < 1.29 is 9.72 Å². The Morgan fingerprint density at radius 2 is 1.72 bits per heavy atom. The van der Waals surface area contributed by atoms with Crippen LogP contribution in [0.5, 0.6) is 0 Å². The number of rotatable bonds is 6. The number of pyridine rings is 1. The third-order valence-corrected chi connectivity index (χ3v) is 4.12. The third-order valence-electron chi connectivity index (χ3n) is 4.12. The van der Waals surface area contributed by atoms with E-state index in [4.69, 9.17) is 0 Å². The fraction of sp³-hybridized carbons (Fsp3) is 0.100. The number of nitro groups is 1. The highest BCUT2D eigenvalue weighted by Gasteiger charge is 2.19. The summed E-state index contributed by atoms with van der Waals surface area (Å²) in [6.07, 6.45) is 2.90. The van der Waals surface area contributed by atoms with Crippen molar-refractivity contribution >= 4 is 12.0 Å². The van der Waals surface area contributed by atoms with E-state index in [9.17, 15) is 14.9 Å². The Labute approximate surface area is 145 Å². The summed E-state index contributed by atoms with van der Waals surface area (Å²) in [5.74, 6) is -0.184. The molecule has 1 atom stereocenters. The van der Waals surface area contributed by atoms with Crippen LogP contribution in [0.1, 0.15) is 23.5 Å². The van der Waals surface area contributed by atoms with Gasteiger partial charge in [0.2, 0.25) is 0 Å². The van der Waals surface area contributed by atoms with Gasteiger partial charge in [-0.05, 0) is 23.3 Å². The maximum Gasteiger partial charge on any atom is 0.269 e. The Kier molecular flexibility index (Phi) is 4.95. The van der Waals surface area contributed by atoms with Gasteiger partial charge in [0.15, 0.2) is 0 Å². The quantitative estimate of drug-likeness (QED) is 0.381. The molecule has 1 unspecified atom stereocenters. The lowest BCUT2D eigenvalue weighted by molar-refractivity contribution is -0.384. The standard InChI is InChI=1S/C20H16N2O3/c23-14-12-17(15-8-10-16(11-9-15)22(24)25)18-5-1-2-6-19(18)20-7-3-4-13-21-20/h1-11,13-14,17H,12H2. The number of aromatic nitrogens is 1. The number of nitrogens with zero attached hydrogens (tertiary/aromatic N) is 2. The molecule has 5 nitrogen and oxygen atoms in total. The molecule has 5 heteroatoms. The fourth-order valence-corrected chi connectivity index (χ4v) is 2.92. The number of carbonyl (C=O) groups is 1. The summed E-state index contributed by atoms with van der Waals surface area (Å²) in [6.45, 7) is 0. The highest BCUT2D eigenvalue weighted by atomic mass is 16.6. The highest BCUT2D eigenvalue weighted by molar-refractivity contribution is 5.67. The molecular weight excluding hydrogens is 316 g/mol. The van der Waals surface area contributed by atoms with E-state index in [0.29, 0.717) is 6.42 Å². The number of hydrogen-bond acceptors (Lipinski definition) is 4. The zero-order chi connectivity index (χ0) is 17.6. The molecule has 0 aliphatic heterocycles. The first-order chi connectivity index (χ1) is 12.2. The van der Waals surface area contributed by atoms with Gasteiger partial charge in [-0.2, -0.15) is 0 Å². The van der Waals surface area contributed by atoms with Gasteiger partial charge in [-0.3, -0.25) is 15.1 Å². The van der Waals surface area contributed by atoms with E-state index in [1.165, 1.54) is 12.1 Å². The number of non-ortho nitro benzene ring substituents is 1. The van der Waals surface area contributed by atoms with Crippen molar-refractivity contribution in [3.05, 3.63) is 94.2 Å². The molecule has 0 saturated carbocycles. The van der Waals surface area contributed by atoms with E-state index in [2.05, 4.69) is 4.98 Å². The zero-order valence-electron chi connectivity index (χ0n) is 13.4. The summed E-state index contributed by atoms with van der Waals surface area (Å²) in [5, 5.41) is 10.9. The van der Waals surface area contributed by atoms with Crippen molar-refractivity contribution in [2.24, 2.45) is 0 Å². The van der Waals surface area contributed by atoms with E-state index in [0.717, 1.165) is 28.7 Å². The maximum atomic E-state index is 11.3. The molecule has 3 aromatic rings. The molecule has 0 N–H and O–H groups in total. The smallest absolute Gasteiger partial charge is 0.269 e. The summed E-state index contributed by atoms with van der Waals surface area (Å²) in [5.41, 5.74) is 3.65. The van der Waals surface area contributed by atoms with Gasteiger partial charge in [0.1, 0.15) is 6.29 Å². The highest BCUT2D eigenvalue weighted by Crippen LogP contribution is 2.34. The molecule has 0 aliphatic rings. The Bertz CT molecular complexity index is 877. The summed E-state index contributed by atoms with van der Waals surface area (Å²) in [6, 6.07) is 19.8. The molecule has 25 heavy (non-hydrogen) atoms. The molecule has 1 aromatic heterocycles. The van der Waals surface area contributed by atoms with Gasteiger partial charge in [-0.1, -0.05) is 42.5 Å². The SMILES string of the molecule is O=CCC(c1ccc([N+](=O)[O-])cc1)c1ccccc1-c1ccccn1. The predicted octanol–water partition coefficient (Wildman–Crippen LogP) is 4.38. The largest absolute Gasteiger partial charge is 0.303 e. The summed E-state index contributed by atoms with van der Waals surface area (Å²) in [7, 11) is 0. The molecule has 0 saturated heterocycles. The molecule has 2 aromatic carbocycles. The lowest BCUT2D eigenvalue weighted by atomic mass is 9.85. The minimum absolute atomic E-state index is 0.0339. The first-order valence-electron chi connectivity index (χ1n) is 7.89. The summed E-state index contributed by atoms with van der Waals surface area (Å²) in [4.78, 5) is 26.1. The van der Waals surface area contributed by atoms with Crippen molar-refractivity contribution in [3.63, 3.8) is 0 Å². The van der Waals surface area contributed by atoms with Gasteiger partial charge in [0.25, 0.3) is 5.69 Å². The van der Waals surface area contributed by atoms with Crippen LogP contribution in [0.3, 0.4) is 0 Å². The van der Waals surface area contributed by atoms with Gasteiger partial charge in [-0.25, -0.2) is 0 Å². The van der Waals surface area contributed by atoms with Crippen molar-refractivity contribution in [1.82, 2.24) is 4.98 Å². The van der Waals surface area contributed by atoms with Crippen LogP contribution in [0, 0.1) is 10.1 Å². The summed E-state index contributed by atoms with van der Waals surface area (Å²) < 4.78 is 0. The number of hydrogen-bond donors (Lipinski definition) is 0. The minimum atomic E-state index is -0.430. The number of aldehydes is 1. The van der Waals surface area contributed by atoms with Gasteiger partial charge in [0.05, 0.1) is 10.6 Å². The average Bonchev–Trinajstić information content (AvgIpc) is 2.67. The van der Waals surface area contributed by atoms with E-state index in [1.54, 1.807) is 18.3 Å². The Hall–Kier alpha value is -3.34. The molecule has 124 valence electrons. The molecule has 0 radical (unpaired) electrons. The van der Waals surface area contributed by atoms with E-state index < -0.39 is 4.92 Å². The Morgan fingerprint density at radius 3 is 2.36 bits per heavy atom. The normalized spacial score (nSPS) is 11.7. The Morgan fingerprint density at radius 1 is 1.00 bits per heavy atom. The molecule has 0 spiro atoms. The Balaban J connectivity index is 2.07. The van der Waals surface area contributed by atoms with E-state index in [-0.39, 0.29) is 11.6 Å². The molecule has 0 aliphatic carbocycles. The second-order valence-corrected chi connectivity index (χ2v) is 5.61. The van der Waals surface area contributed by atoms with Crippen LogP contribution in [0.2, 0.25) is 0 Å². The van der Waals surface area contributed by atoms with Crippen molar-refractivity contribution in [3.8, 4) is 11.3 Å². The second-order valence-electron chi connectivity index (χ2n) is 5.61. The first-order valence-corrected chi connectivity index (χ1v) is 7.89. The number of nitro benzene ring substituents is 1. The van der Waals surface area contributed by atoms with Crippen LogP contribution in [0.4, 0.5) is 5.69 Å². The van der Waals surface area contributed by atoms with Crippen molar-refractivity contribution in [2.75, 3.05) is 0 Å². The van der Waals surface area contributed by atoms with Crippen LogP contribution in [-0.2, 0) is 4.79 Å². The molecule has 0 bridgehead atoms. The zero-order valence-corrected chi connectivity index (χ0v) is 13.4.